The summed E-state index contributed by atoms with van der Waals surface area (Å²) in [5.74, 6) is -2.85. The lowest BCUT2D eigenvalue weighted by molar-refractivity contribution is -0.143. The number of nitrogens with zero attached hydrogens (tertiary/aromatic N) is 1. The second-order valence-corrected chi connectivity index (χ2v) is 11.9. The van der Waals surface area contributed by atoms with Crippen LogP contribution >= 0.6 is 0 Å². The van der Waals surface area contributed by atoms with Gasteiger partial charge in [0, 0.05) is 5.92 Å². The average Bonchev–Trinajstić information content (AvgIpc) is 3.67. The quantitative estimate of drug-likeness (QED) is 0.162. The maximum atomic E-state index is 13.8. The van der Waals surface area contributed by atoms with Crippen LogP contribution in [0.25, 0.3) is 6.08 Å². The van der Waals surface area contributed by atoms with Crippen LogP contribution in [-0.2, 0) is 33.3 Å². The molecule has 45 heavy (non-hydrogen) atoms. The zero-order valence-electron chi connectivity index (χ0n) is 24.9. The van der Waals surface area contributed by atoms with Gasteiger partial charge >= 0.3 is 12.4 Å². The van der Waals surface area contributed by atoms with Gasteiger partial charge in [0.25, 0.3) is 0 Å². The molecule has 0 spiro atoms. The maximum Gasteiger partial charge on any atom is 0.416 e. The number of hydrogen-bond donors (Lipinski definition) is 1. The van der Waals surface area contributed by atoms with Crippen LogP contribution in [-0.4, -0.2) is 29.6 Å². The molecule has 0 radical (unpaired) electrons. The molecule has 6 nitrogen and oxygen atoms in total. The summed E-state index contributed by atoms with van der Waals surface area (Å²) in [5, 5.41) is 9.31. The standard InChI is InChI=1S/C33H35F6NO5/c1-3-5-18(11-23-8-9-24(16-41)45-23)7-10-27-28-19(6-4-2)12-25-29(26(28)17-44-27)31(43)40(30(25)42)22-14-20(32(34,35)36)13-21(15-22)33(37,38)39/h8-9,11,13-15,25-27,29,41H,3-7,10,12,16-17H2,1-2H3/b18-11+/t25-,26+,27-,29-/m1/s1. The van der Waals surface area contributed by atoms with Gasteiger partial charge in [0.2, 0.25) is 11.8 Å². The molecule has 2 aromatic rings. The van der Waals surface area contributed by atoms with Crippen molar-refractivity contribution in [1.29, 1.82) is 0 Å². The zero-order chi connectivity index (χ0) is 32.7. The van der Waals surface area contributed by atoms with E-state index in [0.717, 1.165) is 36.0 Å². The molecule has 244 valence electrons. The van der Waals surface area contributed by atoms with E-state index in [1.54, 1.807) is 12.1 Å². The van der Waals surface area contributed by atoms with Crippen LogP contribution in [0.3, 0.4) is 0 Å². The van der Waals surface area contributed by atoms with Crippen LogP contribution < -0.4 is 4.90 Å². The minimum Gasteiger partial charge on any atom is -0.459 e. The van der Waals surface area contributed by atoms with Gasteiger partial charge in [-0.1, -0.05) is 37.8 Å². The Labute approximate surface area is 256 Å². The number of ether oxygens (including phenoxy) is 1. The first kappa shape index (κ1) is 33.0. The van der Waals surface area contributed by atoms with Gasteiger partial charge in [-0.05, 0) is 74.1 Å². The Morgan fingerprint density at radius 3 is 2.22 bits per heavy atom. The molecule has 1 aliphatic carbocycles. The zero-order valence-corrected chi connectivity index (χ0v) is 24.9. The summed E-state index contributed by atoms with van der Waals surface area (Å²) in [6.07, 6.45) is -4.13. The Bertz CT molecular complexity index is 1470. The average molecular weight is 640 g/mol. The van der Waals surface area contributed by atoms with Crippen LogP contribution in [0.5, 0.6) is 0 Å². The molecular formula is C33H35F6NO5. The number of fused-ring (bicyclic) bond motifs is 3. The highest BCUT2D eigenvalue weighted by molar-refractivity contribution is 6.22. The molecule has 5 rings (SSSR count). The van der Waals surface area contributed by atoms with Gasteiger partial charge in [0.1, 0.15) is 18.1 Å². The highest BCUT2D eigenvalue weighted by atomic mass is 19.4. The van der Waals surface area contributed by atoms with E-state index in [-0.39, 0.29) is 31.8 Å². The van der Waals surface area contributed by atoms with Crippen molar-refractivity contribution in [3.63, 3.8) is 0 Å². The number of rotatable bonds is 10. The number of anilines is 1. The fourth-order valence-corrected chi connectivity index (χ4v) is 7.00. The highest BCUT2D eigenvalue weighted by Crippen LogP contribution is 2.52. The first-order valence-corrected chi connectivity index (χ1v) is 15.2. The molecule has 12 heteroatoms. The van der Waals surface area contributed by atoms with E-state index in [1.807, 2.05) is 13.0 Å². The molecule has 4 atom stereocenters. The van der Waals surface area contributed by atoms with E-state index in [1.165, 1.54) is 0 Å². The summed E-state index contributed by atoms with van der Waals surface area (Å²) in [7, 11) is 0. The number of benzene rings is 1. The van der Waals surface area contributed by atoms with Crippen molar-refractivity contribution in [2.24, 2.45) is 17.8 Å². The highest BCUT2D eigenvalue weighted by Gasteiger charge is 2.57. The summed E-state index contributed by atoms with van der Waals surface area (Å²) in [5.41, 5.74) is -0.900. The van der Waals surface area contributed by atoms with Crippen molar-refractivity contribution < 1.29 is 50.2 Å². The molecular weight excluding hydrogens is 604 g/mol. The lowest BCUT2D eigenvalue weighted by Gasteiger charge is -2.32. The number of carbonyl (C=O) groups is 2. The van der Waals surface area contributed by atoms with Crippen LogP contribution in [0.4, 0.5) is 32.0 Å². The van der Waals surface area contributed by atoms with Crippen LogP contribution in [0, 0.1) is 17.8 Å². The summed E-state index contributed by atoms with van der Waals surface area (Å²) < 4.78 is 93.4. The SMILES string of the molecule is CCCC1=C2[C@@H](CC/C(=C/c3ccc(CO)o3)CCC)OC[C@@H]2[C@@H]2C(=O)N(c3cc(C(F)(F)F)cc(C(F)(F)F)c3)C(=O)[C@@H]2C1. The number of alkyl halides is 6. The fraction of sp³-hybridized carbons (Fsp3) is 0.515. The van der Waals surface area contributed by atoms with Crippen LogP contribution in [0.2, 0.25) is 0 Å². The van der Waals surface area contributed by atoms with E-state index in [0.29, 0.717) is 47.8 Å². The molecule has 0 saturated carbocycles. The van der Waals surface area contributed by atoms with Crippen LogP contribution in [0.15, 0.2) is 51.5 Å². The van der Waals surface area contributed by atoms with Gasteiger partial charge in [0.15, 0.2) is 0 Å². The summed E-state index contributed by atoms with van der Waals surface area (Å²) in [6, 6.07) is 4.33. The number of amides is 2. The number of aliphatic hydroxyl groups excluding tert-OH is 1. The monoisotopic (exact) mass is 639 g/mol. The first-order valence-electron chi connectivity index (χ1n) is 15.2. The molecule has 0 unspecified atom stereocenters. The number of hydrogen-bond acceptors (Lipinski definition) is 5. The van der Waals surface area contributed by atoms with Gasteiger partial charge in [-0.3, -0.25) is 9.59 Å². The van der Waals surface area contributed by atoms with Gasteiger partial charge in [-0.15, -0.1) is 0 Å². The van der Waals surface area contributed by atoms with E-state index in [2.05, 4.69) is 6.92 Å². The van der Waals surface area contributed by atoms with E-state index >= 15 is 0 Å². The molecule has 3 aliphatic rings. The third-order valence-corrected chi connectivity index (χ3v) is 8.87. The Hall–Kier alpha value is -3.38. The van der Waals surface area contributed by atoms with Crippen molar-refractivity contribution in [2.75, 3.05) is 11.5 Å². The lowest BCUT2D eigenvalue weighted by atomic mass is 9.68. The number of imide groups is 1. The van der Waals surface area contributed by atoms with Gasteiger partial charge in [0.05, 0.1) is 41.4 Å². The number of furan rings is 1. The topological polar surface area (TPSA) is 80.0 Å². The maximum absolute atomic E-state index is 13.8. The first-order chi connectivity index (χ1) is 21.3. The Balaban J connectivity index is 1.43. The summed E-state index contributed by atoms with van der Waals surface area (Å²) in [4.78, 5) is 27.9. The lowest BCUT2D eigenvalue weighted by Crippen LogP contribution is -2.34. The number of aliphatic hydroxyl groups is 1. The number of carbonyl (C=O) groups excluding carboxylic acids is 2. The largest absolute Gasteiger partial charge is 0.459 e. The van der Waals surface area contributed by atoms with Crippen molar-refractivity contribution >= 4 is 23.6 Å². The second-order valence-electron chi connectivity index (χ2n) is 11.9. The predicted molar refractivity (Wildman–Crippen MR) is 152 cm³/mol. The Kier molecular flexibility index (Phi) is 9.38. The predicted octanol–water partition coefficient (Wildman–Crippen LogP) is 8.09. The Morgan fingerprint density at radius 2 is 1.64 bits per heavy atom. The normalized spacial score (nSPS) is 24.1. The molecule has 0 bridgehead atoms. The van der Waals surface area contributed by atoms with E-state index in [4.69, 9.17) is 9.15 Å². The summed E-state index contributed by atoms with van der Waals surface area (Å²) in [6.45, 7) is 3.95. The minimum absolute atomic E-state index is 0.0192. The molecule has 2 fully saturated rings. The van der Waals surface area contributed by atoms with Crippen molar-refractivity contribution in [3.05, 3.63) is 69.7 Å². The minimum atomic E-state index is -5.12. The summed E-state index contributed by atoms with van der Waals surface area (Å²) >= 11 is 0. The van der Waals surface area contributed by atoms with E-state index < -0.39 is 58.7 Å². The van der Waals surface area contributed by atoms with E-state index in [9.17, 15) is 41.0 Å². The third kappa shape index (κ3) is 6.63. The molecule has 2 saturated heterocycles. The Morgan fingerprint density at radius 1 is 0.956 bits per heavy atom. The fourth-order valence-electron chi connectivity index (χ4n) is 7.00. The molecule has 1 aromatic heterocycles. The van der Waals surface area contributed by atoms with Crippen molar-refractivity contribution in [2.45, 2.75) is 83.9 Å². The smallest absolute Gasteiger partial charge is 0.416 e. The second kappa shape index (κ2) is 12.8. The van der Waals surface area contributed by atoms with Crippen molar-refractivity contribution in [1.82, 2.24) is 0 Å². The van der Waals surface area contributed by atoms with Gasteiger partial charge in [-0.2, -0.15) is 26.3 Å². The van der Waals surface area contributed by atoms with Gasteiger partial charge < -0.3 is 14.3 Å². The molecule has 1 N–H and O–H groups in total. The van der Waals surface area contributed by atoms with Gasteiger partial charge in [-0.25, -0.2) is 4.90 Å². The number of halogens is 6. The van der Waals surface area contributed by atoms with Crippen molar-refractivity contribution in [3.8, 4) is 0 Å². The third-order valence-electron chi connectivity index (χ3n) is 8.87. The molecule has 3 heterocycles. The number of allylic oxidation sites excluding steroid dienone is 2. The molecule has 2 amide bonds. The molecule has 1 aromatic carbocycles. The molecule has 2 aliphatic heterocycles. The van der Waals surface area contributed by atoms with Crippen LogP contribution in [0.1, 0.15) is 81.4 Å².